The zero-order chi connectivity index (χ0) is 9.97. The van der Waals surface area contributed by atoms with E-state index in [9.17, 15) is 4.79 Å². The number of nitrogens with zero attached hydrogens (tertiary/aromatic N) is 1. The molecule has 0 aromatic heterocycles. The Morgan fingerprint density at radius 1 is 1.29 bits per heavy atom. The van der Waals surface area contributed by atoms with Crippen molar-refractivity contribution in [2.75, 3.05) is 28.7 Å². The van der Waals surface area contributed by atoms with E-state index < -0.39 is 0 Å². The van der Waals surface area contributed by atoms with E-state index in [4.69, 9.17) is 5.73 Å². The van der Waals surface area contributed by atoms with Crippen molar-refractivity contribution in [3.05, 3.63) is 24.3 Å². The van der Waals surface area contributed by atoms with Crippen LogP contribution in [-0.4, -0.2) is 24.0 Å². The van der Waals surface area contributed by atoms with Crippen LogP contribution in [0, 0.1) is 0 Å². The molecule has 0 unspecified atom stereocenters. The highest BCUT2D eigenvalue weighted by Crippen LogP contribution is 2.21. The summed E-state index contributed by atoms with van der Waals surface area (Å²) >= 11 is 1.69. The molecule has 0 atom stereocenters. The van der Waals surface area contributed by atoms with Crippen LogP contribution in [-0.2, 0) is 4.79 Å². The molecule has 1 aliphatic rings. The van der Waals surface area contributed by atoms with E-state index in [1.807, 2.05) is 29.2 Å². The van der Waals surface area contributed by atoms with Crippen LogP contribution in [0.2, 0.25) is 0 Å². The maximum Gasteiger partial charge on any atom is 0.237 e. The normalized spacial score (nSPS) is 17.1. The van der Waals surface area contributed by atoms with Gasteiger partial charge in [-0.1, -0.05) is 0 Å². The first-order chi connectivity index (χ1) is 6.77. The van der Waals surface area contributed by atoms with Crippen molar-refractivity contribution < 1.29 is 4.79 Å². The molecule has 14 heavy (non-hydrogen) atoms. The molecule has 1 aromatic rings. The lowest BCUT2D eigenvalue weighted by Crippen LogP contribution is -2.38. The Kier molecular flexibility index (Phi) is 2.63. The van der Waals surface area contributed by atoms with Gasteiger partial charge in [-0.2, -0.15) is 11.8 Å². The summed E-state index contributed by atoms with van der Waals surface area (Å²) in [5.74, 6) is 1.78. The Balaban J connectivity index is 2.20. The first kappa shape index (κ1) is 9.40. The molecule has 74 valence electrons. The summed E-state index contributed by atoms with van der Waals surface area (Å²) in [5.41, 5.74) is 7.26. The summed E-state index contributed by atoms with van der Waals surface area (Å²) in [4.78, 5) is 13.4. The van der Waals surface area contributed by atoms with Gasteiger partial charge < -0.3 is 10.6 Å². The Bertz CT molecular complexity index is 336. The van der Waals surface area contributed by atoms with E-state index in [2.05, 4.69) is 0 Å². The number of amides is 1. The highest BCUT2D eigenvalue weighted by Gasteiger charge is 2.19. The Hall–Kier alpha value is -1.16. The minimum atomic E-state index is 0.186. The summed E-state index contributed by atoms with van der Waals surface area (Å²) in [6.45, 7) is 0.799. The third kappa shape index (κ3) is 1.85. The number of hydrogen-bond donors (Lipinski definition) is 1. The van der Waals surface area contributed by atoms with Crippen LogP contribution in [0.5, 0.6) is 0 Å². The molecule has 2 N–H and O–H groups in total. The maximum atomic E-state index is 11.6. The molecule has 1 saturated heterocycles. The number of rotatable bonds is 1. The van der Waals surface area contributed by atoms with Gasteiger partial charge in [-0.3, -0.25) is 4.79 Å². The van der Waals surface area contributed by atoms with E-state index in [1.54, 1.807) is 11.8 Å². The predicted molar refractivity (Wildman–Crippen MR) is 60.5 cm³/mol. The fourth-order valence-electron chi connectivity index (χ4n) is 1.45. The second kappa shape index (κ2) is 3.92. The smallest absolute Gasteiger partial charge is 0.237 e. The van der Waals surface area contributed by atoms with Crippen LogP contribution in [0.15, 0.2) is 24.3 Å². The van der Waals surface area contributed by atoms with Crippen molar-refractivity contribution in [3.63, 3.8) is 0 Å². The number of nitrogen functional groups attached to an aromatic ring is 1. The van der Waals surface area contributed by atoms with Crippen molar-refractivity contribution in [3.8, 4) is 0 Å². The van der Waals surface area contributed by atoms with Crippen molar-refractivity contribution in [2.24, 2.45) is 0 Å². The summed E-state index contributed by atoms with van der Waals surface area (Å²) in [7, 11) is 0. The molecule has 1 heterocycles. The summed E-state index contributed by atoms with van der Waals surface area (Å²) < 4.78 is 0. The second-order valence-electron chi connectivity index (χ2n) is 3.19. The lowest BCUT2D eigenvalue weighted by Gasteiger charge is -2.26. The van der Waals surface area contributed by atoms with Gasteiger partial charge in [0.15, 0.2) is 0 Å². The van der Waals surface area contributed by atoms with E-state index in [0.717, 1.165) is 23.7 Å². The lowest BCUT2D eigenvalue weighted by atomic mass is 10.2. The summed E-state index contributed by atoms with van der Waals surface area (Å²) in [6.07, 6.45) is 0. The molecule has 1 fully saturated rings. The van der Waals surface area contributed by atoms with Gasteiger partial charge in [0.2, 0.25) is 5.91 Å². The van der Waals surface area contributed by atoms with E-state index in [1.165, 1.54) is 0 Å². The standard InChI is InChI=1S/C10H12N2OS/c11-8-1-3-9(4-2-8)12-5-6-14-7-10(12)13/h1-4H,5-7,11H2. The zero-order valence-corrected chi connectivity index (χ0v) is 8.59. The molecule has 2 rings (SSSR count). The van der Waals surface area contributed by atoms with Crippen molar-refractivity contribution in [1.82, 2.24) is 0 Å². The minimum Gasteiger partial charge on any atom is -0.399 e. The molecule has 0 bridgehead atoms. The Morgan fingerprint density at radius 3 is 2.64 bits per heavy atom. The van der Waals surface area contributed by atoms with Gasteiger partial charge in [0.1, 0.15) is 0 Å². The van der Waals surface area contributed by atoms with Crippen LogP contribution in [0.3, 0.4) is 0 Å². The molecule has 0 aliphatic carbocycles. The van der Waals surface area contributed by atoms with Crippen molar-refractivity contribution in [2.45, 2.75) is 0 Å². The number of carbonyl (C=O) groups excluding carboxylic acids is 1. The average Bonchev–Trinajstić information content (AvgIpc) is 2.20. The SMILES string of the molecule is Nc1ccc(N2CCSCC2=O)cc1. The van der Waals surface area contributed by atoms with Gasteiger partial charge in [0.05, 0.1) is 5.75 Å². The highest BCUT2D eigenvalue weighted by atomic mass is 32.2. The number of hydrogen-bond acceptors (Lipinski definition) is 3. The van der Waals surface area contributed by atoms with Crippen LogP contribution in [0.25, 0.3) is 0 Å². The predicted octanol–water partition coefficient (Wildman–Crippen LogP) is 1.35. The van der Waals surface area contributed by atoms with Crippen LogP contribution in [0.4, 0.5) is 11.4 Å². The quantitative estimate of drug-likeness (QED) is 0.709. The molecule has 0 radical (unpaired) electrons. The first-order valence-corrected chi connectivity index (χ1v) is 5.66. The van der Waals surface area contributed by atoms with Crippen LogP contribution >= 0.6 is 11.8 Å². The number of nitrogens with two attached hydrogens (primary N) is 1. The monoisotopic (exact) mass is 208 g/mol. The minimum absolute atomic E-state index is 0.186. The Labute approximate surface area is 87.3 Å². The van der Waals surface area contributed by atoms with Crippen molar-refractivity contribution >= 4 is 29.0 Å². The number of benzene rings is 1. The van der Waals surface area contributed by atoms with Gasteiger partial charge in [0.25, 0.3) is 0 Å². The molecular weight excluding hydrogens is 196 g/mol. The fourth-order valence-corrected chi connectivity index (χ4v) is 2.23. The highest BCUT2D eigenvalue weighted by molar-refractivity contribution is 8.00. The van der Waals surface area contributed by atoms with Gasteiger partial charge in [-0.05, 0) is 24.3 Å². The summed E-state index contributed by atoms with van der Waals surface area (Å²) in [6, 6.07) is 7.43. The van der Waals surface area contributed by atoms with Crippen LogP contribution < -0.4 is 10.6 Å². The molecule has 1 amide bonds. The second-order valence-corrected chi connectivity index (χ2v) is 4.29. The molecular formula is C10H12N2OS. The topological polar surface area (TPSA) is 46.3 Å². The third-order valence-electron chi connectivity index (χ3n) is 2.19. The van der Waals surface area contributed by atoms with Crippen LogP contribution in [0.1, 0.15) is 0 Å². The van der Waals surface area contributed by atoms with E-state index in [0.29, 0.717) is 5.75 Å². The number of thioether (sulfide) groups is 1. The number of carbonyl (C=O) groups is 1. The molecule has 0 spiro atoms. The van der Waals surface area contributed by atoms with Gasteiger partial charge in [-0.15, -0.1) is 0 Å². The molecule has 1 aliphatic heterocycles. The average molecular weight is 208 g/mol. The molecule has 3 nitrogen and oxygen atoms in total. The number of anilines is 2. The Morgan fingerprint density at radius 2 is 2.00 bits per heavy atom. The fraction of sp³-hybridized carbons (Fsp3) is 0.300. The summed E-state index contributed by atoms with van der Waals surface area (Å²) in [5, 5.41) is 0. The van der Waals surface area contributed by atoms with E-state index >= 15 is 0 Å². The lowest BCUT2D eigenvalue weighted by molar-refractivity contribution is -0.116. The van der Waals surface area contributed by atoms with Gasteiger partial charge in [0, 0.05) is 23.7 Å². The van der Waals surface area contributed by atoms with Crippen molar-refractivity contribution in [1.29, 1.82) is 0 Å². The largest absolute Gasteiger partial charge is 0.399 e. The first-order valence-electron chi connectivity index (χ1n) is 4.51. The third-order valence-corrected chi connectivity index (χ3v) is 3.11. The zero-order valence-electron chi connectivity index (χ0n) is 7.77. The van der Waals surface area contributed by atoms with E-state index in [-0.39, 0.29) is 5.91 Å². The van der Waals surface area contributed by atoms with Gasteiger partial charge in [-0.25, -0.2) is 0 Å². The molecule has 0 saturated carbocycles. The molecule has 1 aromatic carbocycles. The maximum absolute atomic E-state index is 11.6. The van der Waals surface area contributed by atoms with Gasteiger partial charge >= 0.3 is 0 Å². The molecule has 4 heteroatoms.